The molecule has 0 amide bonds. The van der Waals surface area contributed by atoms with Crippen LogP contribution in [0.2, 0.25) is 10.2 Å². The number of carboxylic acids is 2. The summed E-state index contributed by atoms with van der Waals surface area (Å²) < 4.78 is 1.42. The Labute approximate surface area is 172 Å². The number of halogens is 2. The van der Waals surface area contributed by atoms with Gasteiger partial charge in [0.25, 0.3) is 0 Å². The van der Waals surface area contributed by atoms with Gasteiger partial charge in [0.05, 0.1) is 10.7 Å². The highest BCUT2D eigenvalue weighted by atomic mass is 35.5. The number of aryl methyl sites for hydroxylation is 1. The van der Waals surface area contributed by atoms with Gasteiger partial charge in [-0.3, -0.25) is 14.4 Å². The molecule has 6 nitrogen and oxygen atoms in total. The summed E-state index contributed by atoms with van der Waals surface area (Å²) in [5.74, 6) is -3.26. The predicted molar refractivity (Wildman–Crippen MR) is 107 cm³/mol. The lowest BCUT2D eigenvalue weighted by Crippen LogP contribution is -2.38. The van der Waals surface area contributed by atoms with Gasteiger partial charge in [0.2, 0.25) is 5.78 Å². The number of nitrogens with zero attached hydrogens (tertiary/aromatic N) is 1. The molecule has 1 unspecified atom stereocenters. The van der Waals surface area contributed by atoms with Gasteiger partial charge in [-0.15, -0.1) is 0 Å². The van der Waals surface area contributed by atoms with Gasteiger partial charge in [0, 0.05) is 11.6 Å². The molecule has 0 radical (unpaired) electrons. The van der Waals surface area contributed by atoms with Crippen LogP contribution in [0.25, 0.3) is 0 Å². The number of hydrogen-bond acceptors (Lipinski definition) is 3. The molecule has 1 aromatic heterocycles. The van der Waals surface area contributed by atoms with Gasteiger partial charge in [-0.2, -0.15) is 0 Å². The van der Waals surface area contributed by atoms with E-state index in [0.29, 0.717) is 11.1 Å². The highest BCUT2D eigenvalue weighted by Crippen LogP contribution is 2.39. The number of aromatic nitrogens is 1. The molecule has 28 heavy (non-hydrogen) atoms. The molecule has 0 aliphatic carbocycles. The third-order valence-corrected chi connectivity index (χ3v) is 5.87. The summed E-state index contributed by atoms with van der Waals surface area (Å²) in [5, 5.41) is 19.0. The molecule has 2 rings (SSSR count). The van der Waals surface area contributed by atoms with E-state index in [2.05, 4.69) is 0 Å². The second-order valence-electron chi connectivity index (χ2n) is 7.14. The second-order valence-corrected chi connectivity index (χ2v) is 7.88. The van der Waals surface area contributed by atoms with Crippen LogP contribution >= 0.6 is 23.2 Å². The van der Waals surface area contributed by atoms with Gasteiger partial charge < -0.3 is 14.8 Å². The average Bonchev–Trinajstić information content (AvgIpc) is 2.85. The van der Waals surface area contributed by atoms with E-state index >= 15 is 0 Å². The molecule has 0 aliphatic heterocycles. The van der Waals surface area contributed by atoms with E-state index in [0.717, 1.165) is 12.5 Å². The third kappa shape index (κ3) is 3.80. The molecule has 0 aliphatic rings. The standard InChI is InChI=1S/C20H21Cl2NO5/c1-10-5-7-13(8-6-10)16(24)15-12(3)14(21)17(22)23(15)11(2)9-20(4,18(25)26)19(27)28/h5-8,11H,9H2,1-4H3,(H,25,26)(H,27,28). The molecule has 0 saturated heterocycles. The molecule has 0 bridgehead atoms. The Kier molecular flexibility index (Phi) is 6.26. The Bertz CT molecular complexity index is 932. The first-order chi connectivity index (χ1) is 12.9. The summed E-state index contributed by atoms with van der Waals surface area (Å²) in [7, 11) is 0. The SMILES string of the molecule is Cc1ccc(C(=O)c2c(C)c(Cl)c(Cl)n2C(C)CC(C)(C(=O)O)C(=O)O)cc1. The molecule has 0 saturated carbocycles. The Hall–Kier alpha value is -2.31. The maximum atomic E-state index is 13.1. The molecule has 1 aromatic carbocycles. The lowest BCUT2D eigenvalue weighted by molar-refractivity contribution is -0.164. The van der Waals surface area contributed by atoms with Crippen LogP contribution in [0.1, 0.15) is 53.5 Å². The van der Waals surface area contributed by atoms with Gasteiger partial charge in [-0.05, 0) is 39.7 Å². The van der Waals surface area contributed by atoms with E-state index in [-0.39, 0.29) is 28.1 Å². The molecular weight excluding hydrogens is 405 g/mol. The van der Waals surface area contributed by atoms with Crippen LogP contribution in [0.5, 0.6) is 0 Å². The first kappa shape index (κ1) is 22.0. The predicted octanol–water partition coefficient (Wildman–Crippen LogP) is 4.77. The molecule has 0 fully saturated rings. The van der Waals surface area contributed by atoms with E-state index in [1.165, 1.54) is 4.57 Å². The third-order valence-electron chi connectivity index (χ3n) is 4.94. The molecule has 1 atom stereocenters. The molecule has 2 aromatic rings. The van der Waals surface area contributed by atoms with Crippen molar-refractivity contribution in [2.45, 2.75) is 40.2 Å². The fourth-order valence-electron chi connectivity index (χ4n) is 3.13. The Morgan fingerprint density at radius 3 is 2.04 bits per heavy atom. The molecular formula is C20H21Cl2NO5. The molecule has 1 heterocycles. The van der Waals surface area contributed by atoms with Crippen LogP contribution in [0, 0.1) is 19.3 Å². The fraction of sp³-hybridized carbons (Fsp3) is 0.350. The van der Waals surface area contributed by atoms with Crippen LogP contribution in [-0.4, -0.2) is 32.5 Å². The lowest BCUT2D eigenvalue weighted by atomic mass is 9.84. The van der Waals surface area contributed by atoms with Crippen molar-refractivity contribution in [3.63, 3.8) is 0 Å². The zero-order valence-electron chi connectivity index (χ0n) is 15.9. The Balaban J connectivity index is 2.57. The Morgan fingerprint density at radius 1 is 1.07 bits per heavy atom. The number of ketones is 1. The van der Waals surface area contributed by atoms with Crippen molar-refractivity contribution in [1.29, 1.82) is 0 Å². The minimum atomic E-state index is -2.04. The number of rotatable bonds is 7. The summed E-state index contributed by atoms with van der Waals surface area (Å²) in [5.41, 5.74) is 0.0392. The monoisotopic (exact) mass is 425 g/mol. The fourth-order valence-corrected chi connectivity index (χ4v) is 3.70. The number of aliphatic carboxylic acids is 2. The summed E-state index contributed by atoms with van der Waals surface area (Å²) in [6.45, 7) is 6.28. The maximum Gasteiger partial charge on any atom is 0.320 e. The molecule has 150 valence electrons. The Morgan fingerprint density at radius 2 is 1.57 bits per heavy atom. The van der Waals surface area contributed by atoms with Crippen molar-refractivity contribution in [2.24, 2.45) is 5.41 Å². The van der Waals surface area contributed by atoms with Crippen LogP contribution < -0.4 is 0 Å². The van der Waals surface area contributed by atoms with Crippen molar-refractivity contribution in [2.75, 3.05) is 0 Å². The first-order valence-corrected chi connectivity index (χ1v) is 9.31. The van der Waals surface area contributed by atoms with Crippen molar-refractivity contribution in [1.82, 2.24) is 4.57 Å². The first-order valence-electron chi connectivity index (χ1n) is 8.55. The largest absolute Gasteiger partial charge is 0.480 e. The van der Waals surface area contributed by atoms with Crippen molar-refractivity contribution in [3.8, 4) is 0 Å². The number of hydrogen-bond donors (Lipinski definition) is 2. The number of benzene rings is 1. The van der Waals surface area contributed by atoms with Crippen LogP contribution in [0.3, 0.4) is 0 Å². The van der Waals surface area contributed by atoms with E-state index in [9.17, 15) is 24.6 Å². The van der Waals surface area contributed by atoms with Gasteiger partial charge >= 0.3 is 11.9 Å². The summed E-state index contributed by atoms with van der Waals surface area (Å²) >= 11 is 12.6. The lowest BCUT2D eigenvalue weighted by Gasteiger charge is -2.26. The highest BCUT2D eigenvalue weighted by molar-refractivity contribution is 6.42. The number of carboxylic acid groups (broad SMARTS) is 2. The smallest absolute Gasteiger partial charge is 0.320 e. The molecule has 8 heteroatoms. The van der Waals surface area contributed by atoms with Gasteiger partial charge in [-0.1, -0.05) is 53.0 Å². The van der Waals surface area contributed by atoms with E-state index in [4.69, 9.17) is 23.2 Å². The van der Waals surface area contributed by atoms with Gasteiger partial charge in [0.1, 0.15) is 5.15 Å². The van der Waals surface area contributed by atoms with Crippen molar-refractivity contribution >= 4 is 40.9 Å². The van der Waals surface area contributed by atoms with E-state index < -0.39 is 23.4 Å². The summed E-state index contributed by atoms with van der Waals surface area (Å²) in [6.07, 6.45) is -0.282. The quantitative estimate of drug-likeness (QED) is 0.491. The van der Waals surface area contributed by atoms with Crippen molar-refractivity contribution < 1.29 is 24.6 Å². The van der Waals surface area contributed by atoms with Gasteiger partial charge in [0.15, 0.2) is 5.41 Å². The summed E-state index contributed by atoms with van der Waals surface area (Å²) in [6, 6.07) is 6.25. The van der Waals surface area contributed by atoms with Crippen LogP contribution in [0.4, 0.5) is 0 Å². The zero-order chi connectivity index (χ0) is 21.4. The van der Waals surface area contributed by atoms with Crippen LogP contribution in [0.15, 0.2) is 24.3 Å². The van der Waals surface area contributed by atoms with E-state index in [1.54, 1.807) is 38.1 Å². The topological polar surface area (TPSA) is 96.6 Å². The highest BCUT2D eigenvalue weighted by Gasteiger charge is 2.44. The number of carbonyl (C=O) groups is 3. The van der Waals surface area contributed by atoms with Crippen LogP contribution in [-0.2, 0) is 9.59 Å². The molecule has 2 N–H and O–H groups in total. The summed E-state index contributed by atoms with van der Waals surface area (Å²) in [4.78, 5) is 36.2. The molecule has 0 spiro atoms. The maximum absolute atomic E-state index is 13.1. The van der Waals surface area contributed by atoms with Gasteiger partial charge in [-0.25, -0.2) is 0 Å². The average molecular weight is 426 g/mol. The minimum absolute atomic E-state index is 0.0697. The van der Waals surface area contributed by atoms with Crippen molar-refractivity contribution in [3.05, 3.63) is 56.8 Å². The second kappa shape index (κ2) is 7.97. The normalized spacial score (nSPS) is 12.6. The zero-order valence-corrected chi connectivity index (χ0v) is 17.4. The van der Waals surface area contributed by atoms with E-state index in [1.807, 2.05) is 6.92 Å². The minimum Gasteiger partial charge on any atom is -0.480 e. The number of carbonyl (C=O) groups excluding carboxylic acids is 1.